The first-order valence-electron chi connectivity index (χ1n) is 11.0. The van der Waals surface area contributed by atoms with Crippen molar-refractivity contribution in [2.75, 3.05) is 7.11 Å². The van der Waals surface area contributed by atoms with Crippen LogP contribution in [-0.4, -0.2) is 27.7 Å². The van der Waals surface area contributed by atoms with Gasteiger partial charge in [-0.3, -0.25) is 0 Å². The van der Waals surface area contributed by atoms with Crippen molar-refractivity contribution in [3.8, 4) is 28.6 Å². The SMILES string of the molecule is COc1ccc(O)c(C2=NNC(c3cn(-c4ccccc4)nc3-c3cc4ccccc4o3)C2)c1. The van der Waals surface area contributed by atoms with E-state index in [1.54, 1.807) is 25.3 Å². The Morgan fingerprint density at radius 1 is 1.03 bits per heavy atom. The molecule has 0 bridgehead atoms. The van der Waals surface area contributed by atoms with Crippen LogP contribution >= 0.6 is 0 Å². The van der Waals surface area contributed by atoms with Crippen LogP contribution in [0.4, 0.5) is 0 Å². The highest BCUT2D eigenvalue weighted by atomic mass is 16.5. The molecule has 1 atom stereocenters. The van der Waals surface area contributed by atoms with E-state index >= 15 is 0 Å². The normalized spacial score (nSPS) is 15.3. The van der Waals surface area contributed by atoms with Crippen molar-refractivity contribution in [2.45, 2.75) is 12.5 Å². The summed E-state index contributed by atoms with van der Waals surface area (Å²) < 4.78 is 13.4. The fourth-order valence-electron chi connectivity index (χ4n) is 4.31. The van der Waals surface area contributed by atoms with Gasteiger partial charge in [0, 0.05) is 29.1 Å². The molecule has 7 heteroatoms. The van der Waals surface area contributed by atoms with E-state index in [9.17, 15) is 5.11 Å². The van der Waals surface area contributed by atoms with E-state index in [1.807, 2.05) is 71.5 Å². The summed E-state index contributed by atoms with van der Waals surface area (Å²) >= 11 is 0. The van der Waals surface area contributed by atoms with Gasteiger partial charge in [0.25, 0.3) is 0 Å². The number of methoxy groups -OCH3 is 1. The summed E-state index contributed by atoms with van der Waals surface area (Å²) in [5.41, 5.74) is 8.12. The van der Waals surface area contributed by atoms with Gasteiger partial charge in [-0.1, -0.05) is 36.4 Å². The minimum Gasteiger partial charge on any atom is -0.507 e. The zero-order valence-electron chi connectivity index (χ0n) is 18.5. The number of furan rings is 1. The highest BCUT2D eigenvalue weighted by Crippen LogP contribution is 2.37. The molecule has 5 aromatic rings. The molecule has 34 heavy (non-hydrogen) atoms. The molecule has 0 spiro atoms. The van der Waals surface area contributed by atoms with Crippen molar-refractivity contribution in [2.24, 2.45) is 5.10 Å². The van der Waals surface area contributed by atoms with Crippen molar-refractivity contribution >= 4 is 16.7 Å². The minimum atomic E-state index is -0.138. The highest BCUT2D eigenvalue weighted by Gasteiger charge is 2.29. The van der Waals surface area contributed by atoms with Crippen LogP contribution in [0.25, 0.3) is 28.1 Å². The van der Waals surface area contributed by atoms with Crippen LogP contribution in [0.15, 0.2) is 94.6 Å². The Morgan fingerprint density at radius 2 is 1.85 bits per heavy atom. The molecule has 0 radical (unpaired) electrons. The van der Waals surface area contributed by atoms with Crippen molar-refractivity contribution < 1.29 is 14.3 Å². The zero-order valence-corrected chi connectivity index (χ0v) is 18.5. The molecule has 1 aliphatic rings. The third-order valence-electron chi connectivity index (χ3n) is 6.07. The number of aromatic nitrogens is 2. The number of hydrazone groups is 1. The molecule has 0 saturated heterocycles. The first-order chi connectivity index (χ1) is 16.7. The summed E-state index contributed by atoms with van der Waals surface area (Å²) in [4.78, 5) is 0. The number of aromatic hydroxyl groups is 1. The van der Waals surface area contributed by atoms with Crippen LogP contribution in [0, 0.1) is 0 Å². The predicted molar refractivity (Wildman–Crippen MR) is 130 cm³/mol. The van der Waals surface area contributed by atoms with Gasteiger partial charge in [-0.25, -0.2) is 4.68 Å². The smallest absolute Gasteiger partial charge is 0.156 e. The maximum Gasteiger partial charge on any atom is 0.156 e. The fraction of sp³-hybridized carbons (Fsp3) is 0.111. The number of nitrogens with one attached hydrogen (secondary N) is 1. The Balaban J connectivity index is 1.40. The van der Waals surface area contributed by atoms with E-state index in [0.717, 1.165) is 33.6 Å². The van der Waals surface area contributed by atoms with E-state index in [2.05, 4.69) is 10.5 Å². The lowest BCUT2D eigenvalue weighted by Gasteiger charge is -2.10. The number of benzene rings is 3. The van der Waals surface area contributed by atoms with Gasteiger partial charge in [-0.2, -0.15) is 10.2 Å². The van der Waals surface area contributed by atoms with Gasteiger partial charge in [0.1, 0.15) is 22.8 Å². The summed E-state index contributed by atoms with van der Waals surface area (Å²) in [7, 11) is 1.60. The summed E-state index contributed by atoms with van der Waals surface area (Å²) in [6.07, 6.45) is 2.59. The number of phenols is 1. The molecule has 168 valence electrons. The van der Waals surface area contributed by atoms with Gasteiger partial charge in [0.05, 0.1) is 24.6 Å². The topological polar surface area (TPSA) is 84.8 Å². The van der Waals surface area contributed by atoms with E-state index in [1.165, 1.54) is 0 Å². The van der Waals surface area contributed by atoms with E-state index in [0.29, 0.717) is 23.5 Å². The summed E-state index contributed by atoms with van der Waals surface area (Å²) in [6, 6.07) is 24.9. The average Bonchev–Trinajstić information content (AvgIpc) is 3.62. The molecule has 0 aliphatic carbocycles. The number of hydrogen-bond donors (Lipinski definition) is 2. The lowest BCUT2D eigenvalue weighted by molar-refractivity contribution is 0.412. The molecule has 3 aromatic carbocycles. The number of para-hydroxylation sites is 2. The molecule has 2 aromatic heterocycles. The van der Waals surface area contributed by atoms with Crippen molar-refractivity contribution in [1.29, 1.82) is 0 Å². The molecule has 0 fully saturated rings. The quantitative estimate of drug-likeness (QED) is 0.373. The van der Waals surface area contributed by atoms with Crippen LogP contribution in [0.3, 0.4) is 0 Å². The van der Waals surface area contributed by atoms with E-state index < -0.39 is 0 Å². The molecule has 0 saturated carbocycles. The number of hydrogen-bond acceptors (Lipinski definition) is 6. The first kappa shape index (κ1) is 20.1. The summed E-state index contributed by atoms with van der Waals surface area (Å²) in [5.74, 6) is 1.53. The highest BCUT2D eigenvalue weighted by molar-refractivity contribution is 6.04. The third-order valence-corrected chi connectivity index (χ3v) is 6.07. The summed E-state index contributed by atoms with van der Waals surface area (Å²) in [6.45, 7) is 0. The number of rotatable bonds is 5. The molecule has 2 N–H and O–H groups in total. The Labute approximate surface area is 195 Å². The maximum absolute atomic E-state index is 10.4. The second kappa shape index (κ2) is 8.12. The van der Waals surface area contributed by atoms with E-state index in [4.69, 9.17) is 14.3 Å². The molecule has 6 rings (SSSR count). The minimum absolute atomic E-state index is 0.138. The molecule has 0 amide bonds. The van der Waals surface area contributed by atoms with Crippen molar-refractivity contribution in [3.63, 3.8) is 0 Å². The van der Waals surface area contributed by atoms with Gasteiger partial charge in [-0.15, -0.1) is 0 Å². The second-order valence-electron chi connectivity index (χ2n) is 8.19. The Kier molecular flexibility index (Phi) is 4.80. The Hall–Kier alpha value is -4.52. The van der Waals surface area contributed by atoms with Crippen molar-refractivity contribution in [1.82, 2.24) is 15.2 Å². The van der Waals surface area contributed by atoms with Gasteiger partial charge < -0.3 is 19.7 Å². The molecule has 1 aliphatic heterocycles. The molecule has 7 nitrogen and oxygen atoms in total. The Bertz CT molecular complexity index is 1480. The van der Waals surface area contributed by atoms with E-state index in [-0.39, 0.29) is 11.8 Å². The largest absolute Gasteiger partial charge is 0.507 e. The average molecular weight is 450 g/mol. The molecule has 1 unspecified atom stereocenters. The number of phenolic OH excluding ortho intramolecular Hbond substituents is 1. The van der Waals surface area contributed by atoms with Crippen LogP contribution in [0.1, 0.15) is 23.6 Å². The molecule has 3 heterocycles. The lowest BCUT2D eigenvalue weighted by Crippen LogP contribution is -2.10. The van der Waals surface area contributed by atoms with Gasteiger partial charge in [0.2, 0.25) is 0 Å². The maximum atomic E-state index is 10.4. The lowest BCUT2D eigenvalue weighted by atomic mass is 9.98. The molecular formula is C27H22N4O3. The first-order valence-corrected chi connectivity index (χ1v) is 11.0. The monoisotopic (exact) mass is 450 g/mol. The van der Waals surface area contributed by atoms with Gasteiger partial charge in [0.15, 0.2) is 5.76 Å². The van der Waals surface area contributed by atoms with Crippen molar-refractivity contribution in [3.05, 3.63) is 96.2 Å². The zero-order chi connectivity index (χ0) is 23.1. The van der Waals surface area contributed by atoms with Crippen LogP contribution in [-0.2, 0) is 0 Å². The number of fused-ring (bicyclic) bond motifs is 1. The van der Waals surface area contributed by atoms with Gasteiger partial charge >= 0.3 is 0 Å². The Morgan fingerprint density at radius 3 is 2.68 bits per heavy atom. The summed E-state index contributed by atoms with van der Waals surface area (Å²) in [5, 5.41) is 20.9. The number of nitrogens with zero attached hydrogens (tertiary/aromatic N) is 3. The number of ether oxygens (including phenoxy) is 1. The predicted octanol–water partition coefficient (Wildman–Crippen LogP) is 5.44. The van der Waals surface area contributed by atoms with Crippen LogP contribution in [0.5, 0.6) is 11.5 Å². The molecular weight excluding hydrogens is 428 g/mol. The third kappa shape index (κ3) is 3.47. The van der Waals surface area contributed by atoms with Crippen LogP contribution in [0.2, 0.25) is 0 Å². The van der Waals surface area contributed by atoms with Gasteiger partial charge in [-0.05, 0) is 42.5 Å². The fourth-order valence-corrected chi connectivity index (χ4v) is 4.31. The standard InChI is InChI=1S/C27H22N4O3/c1-33-19-11-12-24(32)20(14-19)22-15-23(29-28-22)21-16-31(18-8-3-2-4-9-18)30-27(21)26-13-17-7-5-6-10-25(17)34-26/h2-14,16,23,29,32H,15H2,1H3. The van der Waals surface area contributed by atoms with Crippen LogP contribution < -0.4 is 10.2 Å². The second-order valence-corrected chi connectivity index (χ2v) is 8.19.